The van der Waals surface area contributed by atoms with Crippen LogP contribution in [0.15, 0.2) is 61.0 Å². The van der Waals surface area contributed by atoms with Crippen LogP contribution in [0.1, 0.15) is 53.0 Å². The predicted octanol–water partition coefficient (Wildman–Crippen LogP) is 5.32. The second-order valence-corrected chi connectivity index (χ2v) is 16.7. The molecular formula is C40H50N18O17. The van der Waals surface area contributed by atoms with Crippen LogP contribution in [-0.2, 0) is 87.4 Å². The first-order valence-electron chi connectivity index (χ1n) is 22.6. The third-order valence-corrected chi connectivity index (χ3v) is 11.6. The van der Waals surface area contributed by atoms with E-state index in [1.165, 1.54) is 0 Å². The monoisotopic (exact) mass is 1050 g/mol. The smallest absolute Gasteiger partial charge is 0.303 e. The van der Waals surface area contributed by atoms with Crippen molar-refractivity contribution in [3.63, 3.8) is 0 Å². The largest absolute Gasteiger partial charge is 0.463 e. The molecule has 0 aromatic heterocycles. The summed E-state index contributed by atoms with van der Waals surface area (Å²) in [7, 11) is 0. The maximum atomic E-state index is 13.0. The van der Waals surface area contributed by atoms with Gasteiger partial charge in [0.15, 0.2) is 37.2 Å². The van der Waals surface area contributed by atoms with E-state index < -0.39 is 153 Å². The Morgan fingerprint density at radius 1 is 0.507 bits per heavy atom. The molecule has 1 aromatic rings. The van der Waals surface area contributed by atoms with E-state index in [1.54, 1.807) is 30.3 Å². The number of rotatable bonds is 23. The van der Waals surface area contributed by atoms with Crippen LogP contribution in [-0.4, -0.2) is 160 Å². The SMILES string of the molecule is CC(=O)OCC1OC(OC2C(OC(C)=O)C(N=[N+]=[N-])CC(N=[N+]=[N-])C2OC2OC(CN=[N+]=[N-])C(OCc3ccccc3)CC2N=[N+]=[N-])C(OC(C)=O)C1OC1OC(CN=[N+]=[N-])C(OC(C)=O)C(OC(C)=O)C1N=[N+]=[N-]. The number of esters is 5. The van der Waals surface area contributed by atoms with Gasteiger partial charge in [-0.2, -0.15) is 0 Å². The summed E-state index contributed by atoms with van der Waals surface area (Å²) in [6.45, 7) is 3.49. The third-order valence-electron chi connectivity index (χ3n) is 11.6. The van der Waals surface area contributed by atoms with Gasteiger partial charge in [-0.25, -0.2) is 0 Å². The summed E-state index contributed by atoms with van der Waals surface area (Å²) in [4.78, 5) is 80.2. The maximum Gasteiger partial charge on any atom is 0.303 e. The summed E-state index contributed by atoms with van der Waals surface area (Å²) in [5, 5.41) is 22.4. The summed E-state index contributed by atoms with van der Waals surface area (Å²) < 4.78 is 72.0. The number of hydrogen-bond acceptors (Lipinski definition) is 23. The molecule has 0 N–H and O–H groups in total. The Bertz CT molecular complexity index is 2500. The molecule has 402 valence electrons. The molecule has 1 aliphatic carbocycles. The summed E-state index contributed by atoms with van der Waals surface area (Å²) >= 11 is 0. The number of azide groups is 6. The van der Waals surface area contributed by atoms with Crippen LogP contribution < -0.4 is 0 Å². The Labute approximate surface area is 423 Å². The zero-order valence-electron chi connectivity index (χ0n) is 40.5. The summed E-state index contributed by atoms with van der Waals surface area (Å²) in [5.74, 6) is -4.69. The molecule has 4 fully saturated rings. The number of hydrogen-bond donors (Lipinski definition) is 0. The Kier molecular flexibility index (Phi) is 22.1. The molecule has 35 nitrogen and oxygen atoms in total. The van der Waals surface area contributed by atoms with Gasteiger partial charge in [-0.1, -0.05) is 61.0 Å². The van der Waals surface area contributed by atoms with E-state index in [0.29, 0.717) is 0 Å². The highest BCUT2D eigenvalue weighted by molar-refractivity contribution is 5.68. The van der Waals surface area contributed by atoms with E-state index >= 15 is 0 Å². The van der Waals surface area contributed by atoms with E-state index in [1.807, 2.05) is 0 Å². The first kappa shape index (κ1) is 58.0. The fraction of sp³-hybridized carbons (Fsp3) is 0.725. The minimum absolute atomic E-state index is 0.0590. The lowest BCUT2D eigenvalue weighted by Crippen LogP contribution is -2.62. The molecule has 5 rings (SSSR count). The first-order chi connectivity index (χ1) is 36.0. The quantitative estimate of drug-likeness (QED) is 0.0440. The highest BCUT2D eigenvalue weighted by atomic mass is 16.8. The van der Waals surface area contributed by atoms with Crippen LogP contribution in [0.3, 0.4) is 0 Å². The lowest BCUT2D eigenvalue weighted by molar-refractivity contribution is -0.299. The first-order valence-corrected chi connectivity index (χ1v) is 22.6. The minimum atomic E-state index is -1.95. The van der Waals surface area contributed by atoms with Gasteiger partial charge < -0.3 is 56.8 Å². The van der Waals surface area contributed by atoms with Gasteiger partial charge >= 0.3 is 29.8 Å². The van der Waals surface area contributed by atoms with Crippen LogP contribution in [0.2, 0.25) is 0 Å². The molecule has 0 bridgehead atoms. The van der Waals surface area contributed by atoms with E-state index in [2.05, 4.69) is 60.2 Å². The van der Waals surface area contributed by atoms with Gasteiger partial charge in [0.25, 0.3) is 0 Å². The fourth-order valence-corrected chi connectivity index (χ4v) is 8.72. The Hall–Kier alpha value is -7.85. The number of ether oxygens (including phenoxy) is 12. The standard InChI is InChI=1S/C40H50N18O17/c1-17(59)64-16-29-34(74-39-30(52-58-46)35(68-20(4)62)33(67-19(3)61)28(71-39)14-48-54-42)37(69-21(5)63)40(72-29)75-36-31(66-18(2)60)23(49-55-43)11-24(50-56-44)32(36)73-38-25(51-57-45)12-26(27(70-38)13-47-53-41)65-15-22-9-7-6-8-10-22/h6-10,23-40H,11-16H2,1-5H3. The van der Waals surface area contributed by atoms with Crippen molar-refractivity contribution in [3.05, 3.63) is 98.6 Å². The topological polar surface area (TPSA) is 489 Å². The molecule has 1 aromatic carbocycles. The molecule has 0 spiro atoms. The number of nitrogens with zero attached hydrogens (tertiary/aromatic N) is 18. The summed E-state index contributed by atoms with van der Waals surface area (Å²) in [5.41, 5.74) is 58.4. The molecule has 0 amide bonds. The summed E-state index contributed by atoms with van der Waals surface area (Å²) in [6, 6.07) is 3.18. The molecule has 35 heteroatoms. The fourth-order valence-electron chi connectivity index (χ4n) is 8.72. The molecule has 4 aliphatic rings. The van der Waals surface area contributed by atoms with Gasteiger partial charge in [-0.05, 0) is 51.6 Å². The second-order valence-electron chi connectivity index (χ2n) is 16.7. The van der Waals surface area contributed by atoms with Crippen LogP contribution in [0.4, 0.5) is 0 Å². The van der Waals surface area contributed by atoms with Crippen molar-refractivity contribution in [1.82, 2.24) is 0 Å². The van der Waals surface area contributed by atoms with Gasteiger partial charge in [0.05, 0.1) is 56.1 Å². The van der Waals surface area contributed by atoms with Crippen LogP contribution in [0.25, 0.3) is 62.7 Å². The molecule has 18 unspecified atom stereocenters. The average molecular weight is 1050 g/mol. The lowest BCUT2D eigenvalue weighted by Gasteiger charge is -2.47. The van der Waals surface area contributed by atoms with Gasteiger partial charge in [0.2, 0.25) is 0 Å². The zero-order valence-corrected chi connectivity index (χ0v) is 40.5. The van der Waals surface area contributed by atoms with E-state index in [-0.39, 0.29) is 26.0 Å². The van der Waals surface area contributed by atoms with Gasteiger partial charge in [0, 0.05) is 64.1 Å². The van der Waals surface area contributed by atoms with Crippen molar-refractivity contribution in [2.75, 3.05) is 19.7 Å². The van der Waals surface area contributed by atoms with E-state index in [4.69, 9.17) is 56.8 Å². The highest BCUT2D eigenvalue weighted by Crippen LogP contribution is 2.40. The third kappa shape index (κ3) is 16.1. The second kappa shape index (κ2) is 28.6. The van der Waals surface area contributed by atoms with Gasteiger partial charge in [-0.15, -0.1) is 0 Å². The lowest BCUT2D eigenvalue weighted by atomic mass is 9.83. The molecule has 0 radical (unpaired) electrons. The molecule has 3 saturated heterocycles. The Balaban J connectivity index is 1.62. The summed E-state index contributed by atoms with van der Waals surface area (Å²) in [6.07, 6.45) is -22.9. The normalized spacial score (nSPS) is 32.8. The molecular weight excluding hydrogens is 1000 g/mol. The Morgan fingerprint density at radius 3 is 1.60 bits per heavy atom. The minimum Gasteiger partial charge on any atom is -0.463 e. The molecule has 1 saturated carbocycles. The molecule has 3 heterocycles. The van der Waals surface area contributed by atoms with Crippen molar-refractivity contribution in [2.24, 2.45) is 30.7 Å². The number of carbonyl (C=O) groups excluding carboxylic acids is 5. The van der Waals surface area contributed by atoms with Crippen LogP contribution >= 0.6 is 0 Å². The number of benzene rings is 1. The van der Waals surface area contributed by atoms with Crippen LogP contribution in [0.5, 0.6) is 0 Å². The maximum absolute atomic E-state index is 13.0. The van der Waals surface area contributed by atoms with E-state index in [9.17, 15) is 57.2 Å². The molecule has 3 aliphatic heterocycles. The predicted molar refractivity (Wildman–Crippen MR) is 243 cm³/mol. The van der Waals surface area contributed by atoms with Crippen molar-refractivity contribution in [3.8, 4) is 0 Å². The van der Waals surface area contributed by atoms with Crippen LogP contribution in [0, 0.1) is 0 Å². The molecule has 18 atom stereocenters. The highest BCUT2D eigenvalue weighted by Gasteiger charge is 2.58. The Morgan fingerprint density at radius 2 is 1.01 bits per heavy atom. The van der Waals surface area contributed by atoms with Crippen molar-refractivity contribution in [1.29, 1.82) is 0 Å². The zero-order chi connectivity index (χ0) is 54.6. The van der Waals surface area contributed by atoms with Crippen molar-refractivity contribution >= 4 is 29.8 Å². The average Bonchev–Trinajstić information content (AvgIpc) is 3.67. The van der Waals surface area contributed by atoms with E-state index in [0.717, 1.165) is 40.2 Å². The number of carbonyl (C=O) groups is 5. The van der Waals surface area contributed by atoms with Gasteiger partial charge in [-0.3, -0.25) is 24.0 Å². The van der Waals surface area contributed by atoms with Crippen molar-refractivity contribution < 1.29 is 80.8 Å². The molecule has 75 heavy (non-hydrogen) atoms. The van der Waals surface area contributed by atoms with Crippen molar-refractivity contribution in [2.45, 2.75) is 164 Å². The van der Waals surface area contributed by atoms with Gasteiger partial charge in [0.1, 0.15) is 43.2 Å².